The SMILES string of the molecule is CC(=O)Cc1c[c]c(CN)cc1. The fourth-order valence-electron chi connectivity index (χ4n) is 1.01. The lowest BCUT2D eigenvalue weighted by Crippen LogP contribution is -1.99. The summed E-state index contributed by atoms with van der Waals surface area (Å²) in [6.45, 7) is 2.08. The molecule has 0 bridgehead atoms. The van der Waals surface area contributed by atoms with E-state index in [1.165, 1.54) is 0 Å². The summed E-state index contributed by atoms with van der Waals surface area (Å²) >= 11 is 0. The molecule has 0 unspecified atom stereocenters. The van der Waals surface area contributed by atoms with Crippen LogP contribution in [0.15, 0.2) is 18.2 Å². The second-order valence-electron chi connectivity index (χ2n) is 2.81. The molecule has 1 aromatic carbocycles. The molecule has 63 valence electrons. The fourth-order valence-corrected chi connectivity index (χ4v) is 1.01. The van der Waals surface area contributed by atoms with E-state index in [0.717, 1.165) is 11.1 Å². The predicted molar refractivity (Wildman–Crippen MR) is 47.6 cm³/mol. The largest absolute Gasteiger partial charge is 0.326 e. The normalized spacial score (nSPS) is 9.83. The van der Waals surface area contributed by atoms with Crippen LogP contribution in [0.2, 0.25) is 0 Å². The maximum absolute atomic E-state index is 10.7. The van der Waals surface area contributed by atoms with E-state index in [1.54, 1.807) is 6.92 Å². The average molecular weight is 162 g/mol. The van der Waals surface area contributed by atoms with E-state index in [1.807, 2.05) is 18.2 Å². The van der Waals surface area contributed by atoms with Crippen molar-refractivity contribution in [3.8, 4) is 0 Å². The topological polar surface area (TPSA) is 43.1 Å². The van der Waals surface area contributed by atoms with Crippen LogP contribution in [0.3, 0.4) is 0 Å². The van der Waals surface area contributed by atoms with Crippen LogP contribution in [0.4, 0.5) is 0 Å². The summed E-state index contributed by atoms with van der Waals surface area (Å²) in [5.74, 6) is 0.170. The molecule has 0 saturated heterocycles. The van der Waals surface area contributed by atoms with E-state index >= 15 is 0 Å². The zero-order chi connectivity index (χ0) is 8.97. The third-order valence-electron chi connectivity index (χ3n) is 1.61. The number of Topliss-reactive ketones (excluding diaryl/α,β-unsaturated/α-hetero) is 1. The van der Waals surface area contributed by atoms with Gasteiger partial charge < -0.3 is 5.73 Å². The molecule has 0 aliphatic heterocycles. The number of benzene rings is 1. The molecule has 0 heterocycles. The Kier molecular flexibility index (Phi) is 3.00. The summed E-state index contributed by atoms with van der Waals surface area (Å²) in [7, 11) is 0. The quantitative estimate of drug-likeness (QED) is 0.722. The van der Waals surface area contributed by atoms with Crippen LogP contribution < -0.4 is 5.73 Å². The first kappa shape index (κ1) is 8.94. The number of ketones is 1. The minimum atomic E-state index is 0.170. The smallest absolute Gasteiger partial charge is 0.134 e. The Hall–Kier alpha value is -1.15. The monoisotopic (exact) mass is 162 g/mol. The number of hydrogen-bond donors (Lipinski definition) is 1. The minimum absolute atomic E-state index is 0.170. The maximum Gasteiger partial charge on any atom is 0.134 e. The van der Waals surface area contributed by atoms with Gasteiger partial charge in [0, 0.05) is 13.0 Å². The highest BCUT2D eigenvalue weighted by Gasteiger charge is 1.96. The van der Waals surface area contributed by atoms with Crippen molar-refractivity contribution < 1.29 is 4.79 Å². The van der Waals surface area contributed by atoms with Crippen molar-refractivity contribution in [2.45, 2.75) is 19.9 Å². The highest BCUT2D eigenvalue weighted by atomic mass is 16.1. The van der Waals surface area contributed by atoms with E-state index in [2.05, 4.69) is 6.07 Å². The first-order valence-electron chi connectivity index (χ1n) is 3.91. The number of nitrogens with two attached hydrogens (primary N) is 1. The minimum Gasteiger partial charge on any atom is -0.326 e. The highest BCUT2D eigenvalue weighted by molar-refractivity contribution is 5.78. The zero-order valence-corrected chi connectivity index (χ0v) is 7.13. The van der Waals surface area contributed by atoms with Crippen molar-refractivity contribution in [3.63, 3.8) is 0 Å². The van der Waals surface area contributed by atoms with Crippen molar-refractivity contribution in [2.75, 3.05) is 0 Å². The van der Waals surface area contributed by atoms with E-state index < -0.39 is 0 Å². The summed E-state index contributed by atoms with van der Waals surface area (Å²) in [6, 6.07) is 8.66. The summed E-state index contributed by atoms with van der Waals surface area (Å²) in [4.78, 5) is 10.7. The second-order valence-corrected chi connectivity index (χ2v) is 2.81. The molecule has 2 nitrogen and oxygen atoms in total. The molecule has 0 fully saturated rings. The number of carbonyl (C=O) groups excluding carboxylic acids is 1. The average Bonchev–Trinajstić information content (AvgIpc) is 2.05. The lowest BCUT2D eigenvalue weighted by Gasteiger charge is -1.98. The fraction of sp³-hybridized carbons (Fsp3) is 0.300. The van der Waals surface area contributed by atoms with Gasteiger partial charge in [0.2, 0.25) is 0 Å². The van der Waals surface area contributed by atoms with Crippen molar-refractivity contribution in [3.05, 3.63) is 35.4 Å². The van der Waals surface area contributed by atoms with Crippen LogP contribution in [0.1, 0.15) is 18.1 Å². The first-order chi connectivity index (χ1) is 5.72. The van der Waals surface area contributed by atoms with Gasteiger partial charge in [-0.05, 0) is 24.1 Å². The number of hydrogen-bond acceptors (Lipinski definition) is 2. The molecule has 0 saturated carbocycles. The third kappa shape index (κ3) is 2.47. The molecule has 2 N–H and O–H groups in total. The Bertz CT molecular complexity index is 264. The van der Waals surface area contributed by atoms with Gasteiger partial charge in [0.25, 0.3) is 0 Å². The molecule has 0 spiro atoms. The van der Waals surface area contributed by atoms with E-state index in [-0.39, 0.29) is 5.78 Å². The van der Waals surface area contributed by atoms with Gasteiger partial charge in [-0.15, -0.1) is 0 Å². The highest BCUT2D eigenvalue weighted by Crippen LogP contribution is 2.03. The number of carbonyl (C=O) groups is 1. The Morgan fingerprint density at radius 1 is 1.58 bits per heavy atom. The van der Waals surface area contributed by atoms with Gasteiger partial charge in [0.15, 0.2) is 0 Å². The molecule has 12 heavy (non-hydrogen) atoms. The number of rotatable bonds is 3. The van der Waals surface area contributed by atoms with Gasteiger partial charge in [0.1, 0.15) is 5.78 Å². The molecule has 2 heteroatoms. The Morgan fingerprint density at radius 3 is 2.75 bits per heavy atom. The maximum atomic E-state index is 10.7. The molecule has 0 aromatic heterocycles. The Morgan fingerprint density at radius 2 is 2.33 bits per heavy atom. The molecular weight excluding hydrogens is 150 g/mol. The lowest BCUT2D eigenvalue weighted by atomic mass is 10.1. The standard InChI is InChI=1S/C10H12NO/c1-8(12)6-9-2-4-10(7-11)5-3-9/h2-4H,6-7,11H2,1H3. The predicted octanol–water partition coefficient (Wildman–Crippen LogP) is 1.08. The summed E-state index contributed by atoms with van der Waals surface area (Å²) < 4.78 is 0. The van der Waals surface area contributed by atoms with E-state index in [0.29, 0.717) is 13.0 Å². The molecule has 1 rings (SSSR count). The van der Waals surface area contributed by atoms with Crippen LogP contribution in [-0.4, -0.2) is 5.78 Å². The molecule has 0 aliphatic carbocycles. The molecule has 0 amide bonds. The summed E-state index contributed by atoms with van der Waals surface area (Å²) in [5, 5.41) is 0. The van der Waals surface area contributed by atoms with E-state index in [9.17, 15) is 4.79 Å². The van der Waals surface area contributed by atoms with Crippen molar-refractivity contribution in [1.29, 1.82) is 0 Å². The third-order valence-corrected chi connectivity index (χ3v) is 1.61. The van der Waals surface area contributed by atoms with Gasteiger partial charge in [-0.25, -0.2) is 0 Å². The lowest BCUT2D eigenvalue weighted by molar-refractivity contribution is -0.116. The summed E-state index contributed by atoms with van der Waals surface area (Å²) in [5.41, 5.74) is 7.38. The molecular formula is C10H12NO. The van der Waals surface area contributed by atoms with Crippen LogP contribution >= 0.6 is 0 Å². The Balaban J connectivity index is 2.71. The first-order valence-corrected chi connectivity index (χ1v) is 3.91. The molecule has 0 aliphatic rings. The van der Waals surface area contributed by atoms with Gasteiger partial charge in [0.05, 0.1) is 0 Å². The molecule has 1 radical (unpaired) electrons. The molecule has 0 atom stereocenters. The van der Waals surface area contributed by atoms with Crippen LogP contribution in [0, 0.1) is 6.07 Å². The van der Waals surface area contributed by atoms with Crippen LogP contribution in [0.5, 0.6) is 0 Å². The van der Waals surface area contributed by atoms with Crippen LogP contribution in [-0.2, 0) is 17.8 Å². The van der Waals surface area contributed by atoms with Crippen molar-refractivity contribution in [1.82, 2.24) is 0 Å². The van der Waals surface area contributed by atoms with Gasteiger partial charge in [-0.2, -0.15) is 0 Å². The van der Waals surface area contributed by atoms with Gasteiger partial charge in [-0.1, -0.05) is 18.2 Å². The van der Waals surface area contributed by atoms with Gasteiger partial charge >= 0.3 is 0 Å². The van der Waals surface area contributed by atoms with Crippen molar-refractivity contribution >= 4 is 5.78 Å². The second kappa shape index (κ2) is 4.02. The molecule has 1 aromatic rings. The van der Waals surface area contributed by atoms with Crippen LogP contribution in [0.25, 0.3) is 0 Å². The summed E-state index contributed by atoms with van der Waals surface area (Å²) in [6.07, 6.45) is 0.487. The van der Waals surface area contributed by atoms with E-state index in [4.69, 9.17) is 5.73 Å². The Labute approximate surface area is 72.4 Å². The van der Waals surface area contributed by atoms with Crippen molar-refractivity contribution in [2.24, 2.45) is 5.73 Å². The zero-order valence-electron chi connectivity index (χ0n) is 7.13. The van der Waals surface area contributed by atoms with Gasteiger partial charge in [-0.3, -0.25) is 4.79 Å².